The number of hydrogen-bond acceptors (Lipinski definition) is 2. The lowest BCUT2D eigenvalue weighted by Gasteiger charge is -1.84. The number of hydrogen-bond donors (Lipinski definition) is 1. The number of rotatable bonds is 1. The zero-order valence-electron chi connectivity index (χ0n) is 8.31. The summed E-state index contributed by atoms with van der Waals surface area (Å²) in [6.07, 6.45) is 6.21. The van der Waals surface area contributed by atoms with Gasteiger partial charge < -0.3 is 9.52 Å². The molecule has 0 aliphatic heterocycles. The number of furan rings is 1. The largest absolute Gasteiger partial charge is 0.475 e. The Hall–Kier alpha value is -2.47. The first-order valence-corrected chi connectivity index (χ1v) is 4.60. The molecule has 1 N–H and O–H groups in total. The highest BCUT2D eigenvalue weighted by Gasteiger charge is 2.10. The van der Waals surface area contributed by atoms with Gasteiger partial charge in [0.1, 0.15) is 0 Å². The standard InChI is InChI=1S/C7H4O3.C6H4/c1-2-5-3-4-10-6(5)7(8)9;1-2-5-4-6(5)3-1/h1,3-4H,(H,8,9);1-4H. The van der Waals surface area contributed by atoms with Gasteiger partial charge in [0, 0.05) is 0 Å². The van der Waals surface area contributed by atoms with Crippen molar-refractivity contribution in [2.75, 3.05) is 0 Å². The van der Waals surface area contributed by atoms with Crippen LogP contribution in [0.4, 0.5) is 0 Å². The second-order valence-corrected chi connectivity index (χ2v) is 3.19. The Morgan fingerprint density at radius 2 is 2.00 bits per heavy atom. The predicted octanol–water partition coefficient (Wildman–Crippen LogP) is 2.63. The minimum absolute atomic E-state index is 0.178. The summed E-state index contributed by atoms with van der Waals surface area (Å²) in [5, 5.41) is 8.40. The van der Waals surface area contributed by atoms with E-state index in [9.17, 15) is 4.79 Å². The van der Waals surface area contributed by atoms with E-state index in [2.05, 4.69) is 34.6 Å². The predicted molar refractivity (Wildman–Crippen MR) is 59.0 cm³/mol. The molecule has 1 aromatic rings. The zero-order valence-corrected chi connectivity index (χ0v) is 8.31. The molecule has 3 rings (SSSR count). The Kier molecular flexibility index (Phi) is 2.49. The third-order valence-corrected chi connectivity index (χ3v) is 2.13. The fourth-order valence-corrected chi connectivity index (χ4v) is 1.26. The van der Waals surface area contributed by atoms with Crippen LogP contribution in [0.15, 0.2) is 41.0 Å². The van der Waals surface area contributed by atoms with Crippen molar-refractivity contribution in [2.45, 2.75) is 0 Å². The van der Waals surface area contributed by atoms with E-state index in [1.807, 2.05) is 0 Å². The van der Waals surface area contributed by atoms with Crippen LogP contribution in [0.2, 0.25) is 0 Å². The maximum atomic E-state index is 10.3. The molecule has 2 aliphatic carbocycles. The van der Waals surface area contributed by atoms with E-state index in [-0.39, 0.29) is 11.3 Å². The van der Waals surface area contributed by atoms with Gasteiger partial charge in [0.25, 0.3) is 0 Å². The topological polar surface area (TPSA) is 50.4 Å². The smallest absolute Gasteiger partial charge is 0.373 e. The van der Waals surface area contributed by atoms with Crippen molar-refractivity contribution in [3.05, 3.63) is 47.9 Å². The third kappa shape index (κ3) is 1.96. The number of aromatic carboxylic acids is 1. The molecule has 3 heteroatoms. The Morgan fingerprint density at radius 1 is 1.31 bits per heavy atom. The Labute approximate surface area is 92.3 Å². The van der Waals surface area contributed by atoms with Crippen LogP contribution >= 0.6 is 0 Å². The number of carbonyl (C=O) groups is 1. The summed E-state index contributed by atoms with van der Waals surface area (Å²) < 4.78 is 4.57. The van der Waals surface area contributed by atoms with Crippen LogP contribution in [0, 0.1) is 12.3 Å². The van der Waals surface area contributed by atoms with E-state index >= 15 is 0 Å². The molecule has 0 unspecified atom stereocenters. The van der Waals surface area contributed by atoms with Gasteiger partial charge in [0.15, 0.2) is 0 Å². The first-order chi connectivity index (χ1) is 7.72. The Balaban J connectivity index is 0.000000134. The van der Waals surface area contributed by atoms with Gasteiger partial charge in [-0.05, 0) is 23.3 Å². The molecule has 0 amide bonds. The van der Waals surface area contributed by atoms with Crippen LogP contribution < -0.4 is 0 Å². The van der Waals surface area contributed by atoms with E-state index in [4.69, 9.17) is 11.5 Å². The molecular weight excluding hydrogens is 204 g/mol. The highest BCUT2D eigenvalue weighted by Crippen LogP contribution is 2.32. The average Bonchev–Trinajstić information content (AvgIpc) is 2.72. The monoisotopic (exact) mass is 212 g/mol. The van der Waals surface area contributed by atoms with Gasteiger partial charge in [-0.3, -0.25) is 0 Å². The fraction of sp³-hybridized carbons (Fsp3) is 0. The highest BCUT2D eigenvalue weighted by atomic mass is 16.4. The molecule has 16 heavy (non-hydrogen) atoms. The molecule has 0 spiro atoms. The van der Waals surface area contributed by atoms with Gasteiger partial charge in [-0.2, -0.15) is 0 Å². The summed E-state index contributed by atoms with van der Waals surface area (Å²) in [7, 11) is 0. The van der Waals surface area contributed by atoms with Gasteiger partial charge in [-0.15, -0.1) is 6.42 Å². The van der Waals surface area contributed by atoms with Crippen molar-refractivity contribution >= 4 is 5.97 Å². The molecule has 0 fully saturated rings. The number of benzene rings is 1. The zero-order chi connectivity index (χ0) is 11.5. The van der Waals surface area contributed by atoms with Gasteiger partial charge in [-0.25, -0.2) is 4.79 Å². The first-order valence-electron chi connectivity index (χ1n) is 4.60. The van der Waals surface area contributed by atoms with Crippen molar-refractivity contribution in [3.8, 4) is 23.5 Å². The van der Waals surface area contributed by atoms with Gasteiger partial charge in [0.2, 0.25) is 5.76 Å². The lowest BCUT2D eigenvalue weighted by molar-refractivity contribution is 0.0662. The maximum absolute atomic E-state index is 10.3. The van der Waals surface area contributed by atoms with E-state index in [1.54, 1.807) is 0 Å². The third-order valence-electron chi connectivity index (χ3n) is 2.13. The quantitative estimate of drug-likeness (QED) is 0.631. The molecule has 3 nitrogen and oxygen atoms in total. The normalized spacial score (nSPS) is 9.69. The van der Waals surface area contributed by atoms with Crippen LogP contribution in [-0.4, -0.2) is 11.1 Å². The summed E-state index contributed by atoms with van der Waals surface area (Å²) >= 11 is 0. The van der Waals surface area contributed by atoms with Crippen molar-refractivity contribution in [1.82, 2.24) is 0 Å². The number of fused-ring (bicyclic) bond motifs is 1. The van der Waals surface area contributed by atoms with Gasteiger partial charge in [-0.1, -0.05) is 24.1 Å². The van der Waals surface area contributed by atoms with E-state index in [1.165, 1.54) is 23.5 Å². The van der Waals surface area contributed by atoms with Crippen molar-refractivity contribution in [1.29, 1.82) is 0 Å². The van der Waals surface area contributed by atoms with Crippen LogP contribution in [0.25, 0.3) is 11.1 Å². The maximum Gasteiger partial charge on any atom is 0.373 e. The summed E-state index contributed by atoms with van der Waals surface area (Å²) in [6.45, 7) is 0. The molecule has 1 heterocycles. The number of terminal acetylenes is 1. The Bertz CT molecular complexity index is 556. The van der Waals surface area contributed by atoms with E-state index in [0.29, 0.717) is 0 Å². The van der Waals surface area contributed by atoms with Crippen molar-refractivity contribution < 1.29 is 14.3 Å². The molecule has 78 valence electrons. The van der Waals surface area contributed by atoms with E-state index in [0.717, 1.165) is 0 Å². The lowest BCUT2D eigenvalue weighted by atomic mass is 10.3. The second-order valence-electron chi connectivity index (χ2n) is 3.19. The van der Waals surface area contributed by atoms with Crippen LogP contribution in [0.5, 0.6) is 0 Å². The van der Waals surface area contributed by atoms with Gasteiger partial charge >= 0.3 is 5.97 Å². The molecule has 0 atom stereocenters. The lowest BCUT2D eigenvalue weighted by Crippen LogP contribution is -1.95. The van der Waals surface area contributed by atoms with Gasteiger partial charge in [0.05, 0.1) is 11.8 Å². The number of carboxylic acid groups (broad SMARTS) is 1. The first kappa shape index (κ1) is 10.1. The molecular formula is C13H8O3. The minimum Gasteiger partial charge on any atom is -0.475 e. The highest BCUT2D eigenvalue weighted by molar-refractivity contribution is 5.87. The SMILES string of the molecule is C#Cc1ccoc1C(=O)O.c1cc2cc-2c1. The molecule has 0 saturated heterocycles. The van der Waals surface area contributed by atoms with Crippen LogP contribution in [0.1, 0.15) is 16.1 Å². The summed E-state index contributed by atoms with van der Waals surface area (Å²) in [5.41, 5.74) is 3.12. The molecule has 0 saturated carbocycles. The second kappa shape index (κ2) is 3.95. The summed E-state index contributed by atoms with van der Waals surface area (Å²) in [5.74, 6) is 0.863. The minimum atomic E-state index is -1.14. The van der Waals surface area contributed by atoms with Crippen molar-refractivity contribution in [2.24, 2.45) is 0 Å². The Morgan fingerprint density at radius 3 is 2.31 bits per heavy atom. The fourth-order valence-electron chi connectivity index (χ4n) is 1.26. The number of carboxylic acids is 1. The molecule has 2 aliphatic rings. The molecule has 0 aromatic carbocycles. The summed E-state index contributed by atoms with van der Waals surface area (Å²) in [6, 6.07) is 9.92. The van der Waals surface area contributed by atoms with Crippen LogP contribution in [0.3, 0.4) is 0 Å². The van der Waals surface area contributed by atoms with Crippen molar-refractivity contribution in [3.63, 3.8) is 0 Å². The molecule has 0 radical (unpaired) electrons. The molecule has 1 aromatic heterocycles. The molecule has 0 bridgehead atoms. The average molecular weight is 212 g/mol. The summed E-state index contributed by atoms with van der Waals surface area (Å²) in [4.78, 5) is 10.3. The van der Waals surface area contributed by atoms with E-state index < -0.39 is 5.97 Å². The van der Waals surface area contributed by atoms with Crippen LogP contribution in [-0.2, 0) is 0 Å².